The van der Waals surface area contributed by atoms with E-state index in [1.165, 1.54) is 6.42 Å². The van der Waals surface area contributed by atoms with Crippen LogP contribution in [0.2, 0.25) is 0 Å². The summed E-state index contributed by atoms with van der Waals surface area (Å²) >= 11 is 0. The smallest absolute Gasteiger partial charge is 0.394 e. The van der Waals surface area contributed by atoms with E-state index >= 15 is 0 Å². The Balaban J connectivity index is 2.00. The minimum Gasteiger partial charge on any atom is -0.476 e. The molecule has 1 fully saturated rings. The fourth-order valence-corrected chi connectivity index (χ4v) is 2.33. The first-order valence-corrected chi connectivity index (χ1v) is 6.06. The number of ether oxygens (including phenoxy) is 1. The van der Waals surface area contributed by atoms with Crippen molar-refractivity contribution in [2.24, 2.45) is 5.92 Å². The summed E-state index contributed by atoms with van der Waals surface area (Å²) in [4.78, 5) is 14.4. The fourth-order valence-electron chi connectivity index (χ4n) is 2.33. The first-order chi connectivity index (χ1) is 8.20. The number of rotatable bonds is 4. The van der Waals surface area contributed by atoms with E-state index < -0.39 is 5.97 Å². The van der Waals surface area contributed by atoms with Crippen LogP contribution in [0.4, 0.5) is 0 Å². The van der Waals surface area contributed by atoms with E-state index in [9.17, 15) is 4.79 Å². The molecule has 2 rings (SSSR count). The van der Waals surface area contributed by atoms with Crippen molar-refractivity contribution < 1.29 is 19.1 Å². The molecule has 17 heavy (non-hydrogen) atoms. The van der Waals surface area contributed by atoms with E-state index in [1.807, 2.05) is 0 Å². The fraction of sp³-hybridized carbons (Fsp3) is 0.667. The Hall–Kier alpha value is -1.52. The zero-order chi connectivity index (χ0) is 12.3. The van der Waals surface area contributed by atoms with Crippen LogP contribution in [0.15, 0.2) is 10.7 Å². The van der Waals surface area contributed by atoms with Gasteiger partial charge in [0.25, 0.3) is 0 Å². The first kappa shape index (κ1) is 12.0. The Kier molecular flexibility index (Phi) is 3.66. The van der Waals surface area contributed by atoms with Crippen molar-refractivity contribution in [1.82, 2.24) is 4.98 Å². The van der Waals surface area contributed by atoms with Crippen molar-refractivity contribution in [2.45, 2.75) is 45.1 Å². The number of aromatic nitrogens is 1. The molecule has 1 N–H and O–H groups in total. The van der Waals surface area contributed by atoms with Crippen molar-refractivity contribution in [2.75, 3.05) is 0 Å². The predicted molar refractivity (Wildman–Crippen MR) is 60.1 cm³/mol. The molecule has 0 saturated heterocycles. The van der Waals surface area contributed by atoms with Gasteiger partial charge in [0.2, 0.25) is 0 Å². The van der Waals surface area contributed by atoms with E-state index in [0.29, 0.717) is 5.92 Å². The van der Waals surface area contributed by atoms with E-state index in [-0.39, 0.29) is 17.9 Å². The Labute approximate surface area is 99.8 Å². The lowest BCUT2D eigenvalue weighted by Gasteiger charge is -2.29. The van der Waals surface area contributed by atoms with Gasteiger partial charge in [-0.05, 0) is 31.6 Å². The Morgan fingerprint density at radius 1 is 1.59 bits per heavy atom. The quantitative estimate of drug-likeness (QED) is 0.874. The Bertz CT molecular complexity index is 388. The van der Waals surface area contributed by atoms with Gasteiger partial charge in [-0.2, -0.15) is 4.98 Å². The molecule has 1 aliphatic carbocycles. The lowest BCUT2D eigenvalue weighted by atomic mass is 9.85. The largest absolute Gasteiger partial charge is 0.476 e. The molecule has 0 aliphatic heterocycles. The van der Waals surface area contributed by atoms with Crippen LogP contribution in [-0.4, -0.2) is 22.2 Å². The maximum atomic E-state index is 10.6. The molecule has 0 bridgehead atoms. The minimum absolute atomic E-state index is 0.0766. The zero-order valence-corrected chi connectivity index (χ0v) is 9.89. The van der Waals surface area contributed by atoms with Gasteiger partial charge in [-0.25, -0.2) is 4.79 Å². The summed E-state index contributed by atoms with van der Waals surface area (Å²) in [5, 5.41) is 8.72. The molecule has 0 amide bonds. The van der Waals surface area contributed by atoms with Crippen LogP contribution in [0, 0.1) is 5.92 Å². The maximum Gasteiger partial charge on any atom is 0.394 e. The van der Waals surface area contributed by atoms with Gasteiger partial charge in [0.15, 0.2) is 5.69 Å². The zero-order valence-electron chi connectivity index (χ0n) is 9.89. The molecule has 1 heterocycles. The summed E-state index contributed by atoms with van der Waals surface area (Å²) < 4.78 is 10.7. The average molecular weight is 239 g/mol. The molecule has 0 spiro atoms. The van der Waals surface area contributed by atoms with Gasteiger partial charge in [-0.1, -0.05) is 13.3 Å². The van der Waals surface area contributed by atoms with Gasteiger partial charge in [0.1, 0.15) is 12.4 Å². The maximum absolute atomic E-state index is 10.6. The SMILES string of the molecule is CCC1CCCCC1Oc1nc(C(=O)O)co1. The Morgan fingerprint density at radius 2 is 2.35 bits per heavy atom. The molecule has 0 radical (unpaired) electrons. The number of aromatic carboxylic acids is 1. The molecule has 1 aliphatic rings. The third-order valence-corrected chi connectivity index (χ3v) is 3.32. The second-order valence-electron chi connectivity index (χ2n) is 4.41. The number of carboxylic acids is 1. The normalized spacial score (nSPS) is 24.5. The topological polar surface area (TPSA) is 72.6 Å². The van der Waals surface area contributed by atoms with Gasteiger partial charge in [0.05, 0.1) is 0 Å². The molecule has 5 nitrogen and oxygen atoms in total. The highest BCUT2D eigenvalue weighted by atomic mass is 16.6. The molecule has 5 heteroatoms. The van der Waals surface area contributed by atoms with Gasteiger partial charge in [-0.3, -0.25) is 0 Å². The second kappa shape index (κ2) is 5.21. The number of nitrogens with zero attached hydrogens (tertiary/aromatic N) is 1. The molecule has 0 aromatic carbocycles. The molecule has 2 atom stereocenters. The van der Waals surface area contributed by atoms with Crippen LogP contribution in [0.25, 0.3) is 0 Å². The van der Waals surface area contributed by atoms with Crippen LogP contribution in [0.3, 0.4) is 0 Å². The lowest BCUT2D eigenvalue weighted by Crippen LogP contribution is -2.30. The first-order valence-electron chi connectivity index (χ1n) is 6.06. The summed E-state index contributed by atoms with van der Waals surface area (Å²) in [5.74, 6) is -0.580. The predicted octanol–water partition coefficient (Wildman–Crippen LogP) is 2.72. The van der Waals surface area contributed by atoms with Gasteiger partial charge >= 0.3 is 12.0 Å². The minimum atomic E-state index is -1.10. The van der Waals surface area contributed by atoms with Crippen LogP contribution in [0.1, 0.15) is 49.5 Å². The van der Waals surface area contributed by atoms with Crippen molar-refractivity contribution in [3.8, 4) is 6.08 Å². The summed E-state index contributed by atoms with van der Waals surface area (Å²) in [5.41, 5.74) is -0.108. The number of carboxylic acid groups (broad SMARTS) is 1. The number of hydrogen-bond donors (Lipinski definition) is 1. The van der Waals surface area contributed by atoms with E-state index in [2.05, 4.69) is 11.9 Å². The van der Waals surface area contributed by atoms with E-state index in [4.69, 9.17) is 14.3 Å². The van der Waals surface area contributed by atoms with Crippen LogP contribution in [-0.2, 0) is 0 Å². The van der Waals surface area contributed by atoms with Crippen molar-refractivity contribution >= 4 is 5.97 Å². The summed E-state index contributed by atoms with van der Waals surface area (Å²) in [6.07, 6.45) is 6.90. The monoisotopic (exact) mass is 239 g/mol. The molecule has 94 valence electrons. The standard InChI is InChI=1S/C12H17NO4/c1-2-8-5-3-4-6-10(8)17-12-13-9(7-16-12)11(14)15/h7-8,10H,2-6H2,1H3,(H,14,15). The summed E-state index contributed by atoms with van der Waals surface area (Å²) in [6, 6.07) is 0. The Morgan fingerprint density at radius 3 is 3.00 bits per heavy atom. The third kappa shape index (κ3) is 2.78. The molecular weight excluding hydrogens is 222 g/mol. The van der Waals surface area contributed by atoms with Crippen molar-refractivity contribution in [3.63, 3.8) is 0 Å². The van der Waals surface area contributed by atoms with Crippen LogP contribution >= 0.6 is 0 Å². The van der Waals surface area contributed by atoms with E-state index in [1.54, 1.807) is 0 Å². The summed E-state index contributed by atoms with van der Waals surface area (Å²) in [6.45, 7) is 2.14. The van der Waals surface area contributed by atoms with Gasteiger partial charge < -0.3 is 14.3 Å². The number of oxazole rings is 1. The molecule has 1 aromatic rings. The highest BCUT2D eigenvalue weighted by Crippen LogP contribution is 2.30. The average Bonchev–Trinajstić information content (AvgIpc) is 2.78. The van der Waals surface area contributed by atoms with Crippen molar-refractivity contribution in [1.29, 1.82) is 0 Å². The summed E-state index contributed by atoms with van der Waals surface area (Å²) in [7, 11) is 0. The van der Waals surface area contributed by atoms with Gasteiger partial charge in [0, 0.05) is 0 Å². The molecular formula is C12H17NO4. The van der Waals surface area contributed by atoms with Gasteiger partial charge in [-0.15, -0.1) is 0 Å². The lowest BCUT2D eigenvalue weighted by molar-refractivity contribution is 0.0605. The van der Waals surface area contributed by atoms with Crippen LogP contribution < -0.4 is 4.74 Å². The second-order valence-corrected chi connectivity index (χ2v) is 4.41. The molecule has 1 aromatic heterocycles. The number of hydrogen-bond acceptors (Lipinski definition) is 4. The van der Waals surface area contributed by atoms with E-state index in [0.717, 1.165) is 31.9 Å². The van der Waals surface area contributed by atoms with Crippen LogP contribution in [0.5, 0.6) is 6.08 Å². The third-order valence-electron chi connectivity index (χ3n) is 3.32. The van der Waals surface area contributed by atoms with Crippen molar-refractivity contribution in [3.05, 3.63) is 12.0 Å². The number of carbonyl (C=O) groups is 1. The highest BCUT2D eigenvalue weighted by Gasteiger charge is 2.27. The highest BCUT2D eigenvalue weighted by molar-refractivity contribution is 5.84. The molecule has 1 saturated carbocycles. The molecule has 2 unspecified atom stereocenters.